The van der Waals surface area contributed by atoms with Gasteiger partial charge in [0.2, 0.25) is 5.95 Å². The normalized spacial score (nSPS) is 18.6. The third-order valence-electron chi connectivity index (χ3n) is 9.65. The third kappa shape index (κ3) is 12.3. The minimum absolute atomic E-state index is 0.0415. The minimum Gasteiger partial charge on any atom is -0.487 e. The first-order valence-electron chi connectivity index (χ1n) is 17.3. The summed E-state index contributed by atoms with van der Waals surface area (Å²) in [7, 11) is -3.86. The average molecular weight is 847 g/mol. The summed E-state index contributed by atoms with van der Waals surface area (Å²) in [6.45, 7) is 2.51. The van der Waals surface area contributed by atoms with Crippen LogP contribution in [0.25, 0.3) is 0 Å². The second-order valence-corrected chi connectivity index (χ2v) is 16.9. The topological polar surface area (TPSA) is 131 Å². The molecule has 0 radical (unpaired) electrons. The number of carboxylic acids is 1. The van der Waals surface area contributed by atoms with E-state index in [4.69, 9.17) is 21.4 Å². The molecule has 0 spiro atoms. The Bertz CT molecular complexity index is 1920. The number of hydrogen-bond donors (Lipinski definition) is 3. The van der Waals surface area contributed by atoms with Gasteiger partial charge in [-0.1, -0.05) is 13.0 Å². The van der Waals surface area contributed by atoms with Crippen LogP contribution in [0.4, 0.5) is 45.5 Å². The van der Waals surface area contributed by atoms with E-state index in [0.717, 1.165) is 50.3 Å². The van der Waals surface area contributed by atoms with E-state index in [1.165, 1.54) is 13.0 Å². The van der Waals surface area contributed by atoms with Crippen molar-refractivity contribution in [1.29, 1.82) is 0 Å². The SMILES string of the molecule is CC(NCC1CCC(CC(=O)O)CC1)c1ccc(C(F)(F)F)cc1CNc1ncc(OCC(Cl)S(C)(=O)=O)c([C@@H](C)c2cc(C(F)(F)F)cc(C(F)(F)F)c2)n1. The number of carbonyl (C=O) groups is 1. The van der Waals surface area contributed by atoms with Gasteiger partial charge >= 0.3 is 24.5 Å². The summed E-state index contributed by atoms with van der Waals surface area (Å²) in [6.07, 6.45) is -10.1. The molecule has 2 aromatic carbocycles. The largest absolute Gasteiger partial charge is 0.487 e. The first-order chi connectivity index (χ1) is 25.8. The fraction of sp³-hybridized carbons (Fsp3) is 0.528. The Balaban J connectivity index is 1.65. The molecular weight excluding hydrogens is 807 g/mol. The van der Waals surface area contributed by atoms with Crippen LogP contribution in [0, 0.1) is 11.8 Å². The maximum absolute atomic E-state index is 13.8. The van der Waals surface area contributed by atoms with Crippen LogP contribution in [-0.2, 0) is 39.7 Å². The number of aromatic nitrogens is 2. The van der Waals surface area contributed by atoms with Gasteiger partial charge in [0.15, 0.2) is 20.3 Å². The van der Waals surface area contributed by atoms with Gasteiger partial charge in [0.25, 0.3) is 0 Å². The lowest BCUT2D eigenvalue weighted by Crippen LogP contribution is -2.29. The van der Waals surface area contributed by atoms with Gasteiger partial charge in [-0.2, -0.15) is 39.5 Å². The summed E-state index contributed by atoms with van der Waals surface area (Å²) in [5, 5.41) is 15.2. The summed E-state index contributed by atoms with van der Waals surface area (Å²) < 4.78 is 152. The van der Waals surface area contributed by atoms with E-state index in [1.807, 2.05) is 0 Å². The third-order valence-corrected chi connectivity index (χ3v) is 11.8. The van der Waals surface area contributed by atoms with Crippen LogP contribution in [-0.4, -0.2) is 53.6 Å². The van der Waals surface area contributed by atoms with Gasteiger partial charge < -0.3 is 20.5 Å². The number of alkyl halides is 10. The number of benzene rings is 2. The van der Waals surface area contributed by atoms with E-state index < -0.39 is 79.9 Å². The molecule has 0 amide bonds. The Kier molecular flexibility index (Phi) is 14.2. The lowest BCUT2D eigenvalue weighted by molar-refractivity contribution is -0.143. The molecule has 4 rings (SSSR count). The predicted molar refractivity (Wildman–Crippen MR) is 189 cm³/mol. The second-order valence-electron chi connectivity index (χ2n) is 13.9. The van der Waals surface area contributed by atoms with Crippen molar-refractivity contribution >= 4 is 33.4 Å². The highest BCUT2D eigenvalue weighted by Crippen LogP contribution is 2.40. The van der Waals surface area contributed by atoms with Crippen molar-refractivity contribution in [1.82, 2.24) is 15.3 Å². The van der Waals surface area contributed by atoms with Crippen LogP contribution in [0.5, 0.6) is 5.75 Å². The van der Waals surface area contributed by atoms with E-state index in [0.29, 0.717) is 24.2 Å². The number of nitrogens with one attached hydrogen (secondary N) is 2. The number of nitrogens with zero attached hydrogens (tertiary/aromatic N) is 2. The zero-order valence-electron chi connectivity index (χ0n) is 30.2. The molecule has 1 aliphatic carbocycles. The fourth-order valence-corrected chi connectivity index (χ4v) is 6.81. The molecule has 1 aliphatic rings. The van der Waals surface area contributed by atoms with Gasteiger partial charge in [-0.3, -0.25) is 4.79 Å². The van der Waals surface area contributed by atoms with Crippen LogP contribution < -0.4 is 15.4 Å². The Morgan fingerprint density at radius 3 is 2.02 bits per heavy atom. The summed E-state index contributed by atoms with van der Waals surface area (Å²) in [6, 6.07) is 3.70. The molecule has 1 saturated carbocycles. The van der Waals surface area contributed by atoms with Crippen molar-refractivity contribution < 1.29 is 62.6 Å². The summed E-state index contributed by atoms with van der Waals surface area (Å²) >= 11 is 5.90. The predicted octanol–water partition coefficient (Wildman–Crippen LogP) is 9.22. The van der Waals surface area contributed by atoms with Crippen molar-refractivity contribution in [2.75, 3.05) is 24.7 Å². The van der Waals surface area contributed by atoms with Crippen molar-refractivity contribution in [2.24, 2.45) is 11.8 Å². The highest BCUT2D eigenvalue weighted by Gasteiger charge is 2.38. The van der Waals surface area contributed by atoms with E-state index in [9.17, 15) is 52.7 Å². The molecule has 1 aromatic heterocycles. The number of hydrogen-bond acceptors (Lipinski definition) is 8. The van der Waals surface area contributed by atoms with Gasteiger partial charge in [-0.25, -0.2) is 18.4 Å². The zero-order chi connectivity index (χ0) is 41.8. The molecule has 20 heteroatoms. The van der Waals surface area contributed by atoms with Gasteiger partial charge in [-0.15, -0.1) is 11.6 Å². The van der Waals surface area contributed by atoms with Crippen molar-refractivity contribution in [3.63, 3.8) is 0 Å². The van der Waals surface area contributed by atoms with Crippen LogP contribution in [0.15, 0.2) is 42.6 Å². The van der Waals surface area contributed by atoms with Crippen molar-refractivity contribution in [2.45, 2.75) is 87.7 Å². The lowest BCUT2D eigenvalue weighted by atomic mass is 9.80. The maximum Gasteiger partial charge on any atom is 0.416 e. The Labute approximate surface area is 322 Å². The number of carboxylic acid groups (broad SMARTS) is 1. The molecule has 2 unspecified atom stereocenters. The smallest absolute Gasteiger partial charge is 0.416 e. The molecule has 9 nitrogen and oxygen atoms in total. The molecule has 1 fully saturated rings. The molecule has 0 bridgehead atoms. The summed E-state index contributed by atoms with van der Waals surface area (Å²) in [4.78, 5) is 19.4. The second kappa shape index (κ2) is 17.7. The number of aliphatic carboxylic acids is 1. The van der Waals surface area contributed by atoms with Crippen LogP contribution in [0.2, 0.25) is 0 Å². The molecule has 3 aromatic rings. The minimum atomic E-state index is -5.16. The number of anilines is 1. The van der Waals surface area contributed by atoms with Crippen molar-refractivity contribution in [3.8, 4) is 5.75 Å². The number of ether oxygens (including phenoxy) is 1. The van der Waals surface area contributed by atoms with Gasteiger partial charge in [0, 0.05) is 31.2 Å². The first kappa shape index (κ1) is 44.9. The average Bonchev–Trinajstić information content (AvgIpc) is 3.10. The number of rotatable bonds is 15. The standard InChI is InChI=1S/C36H40ClF9N4O5S/c1-19(23-11-26(35(41,42)43)14-27(12-23)36(44,45)46)32-29(55-18-30(37)56(3,53)54)17-49-33(50-32)48-16-24-13-25(34(38,39)40)8-9-28(24)20(2)47-15-22-6-4-21(5-7-22)10-31(51)52/h8-9,11-14,17,19-22,30,47H,4-7,10,15-16,18H2,1-3H3,(H,51,52)(H,48,49,50)/t19-,20?,21?,22?,30?/m0/s1. The van der Waals surface area contributed by atoms with E-state index in [2.05, 4.69) is 20.6 Å². The van der Waals surface area contributed by atoms with Crippen LogP contribution in [0.1, 0.15) is 97.0 Å². The van der Waals surface area contributed by atoms with Gasteiger partial charge in [0.05, 0.1) is 28.6 Å². The van der Waals surface area contributed by atoms with Gasteiger partial charge in [-0.05, 0) is 98.0 Å². The highest BCUT2D eigenvalue weighted by atomic mass is 35.5. The zero-order valence-corrected chi connectivity index (χ0v) is 31.8. The highest BCUT2D eigenvalue weighted by molar-refractivity contribution is 7.92. The van der Waals surface area contributed by atoms with E-state index >= 15 is 0 Å². The molecule has 3 atom stereocenters. The van der Waals surface area contributed by atoms with Crippen LogP contribution in [0.3, 0.4) is 0 Å². The maximum atomic E-state index is 13.8. The number of halogens is 10. The Morgan fingerprint density at radius 2 is 1.48 bits per heavy atom. The molecule has 1 heterocycles. The lowest BCUT2D eigenvalue weighted by Gasteiger charge is -2.29. The van der Waals surface area contributed by atoms with Gasteiger partial charge in [0.1, 0.15) is 6.61 Å². The molecular formula is C36H40ClF9N4O5S. The van der Waals surface area contributed by atoms with E-state index in [1.54, 1.807) is 6.92 Å². The molecule has 0 aliphatic heterocycles. The van der Waals surface area contributed by atoms with Crippen molar-refractivity contribution in [3.05, 3.63) is 81.7 Å². The number of sulfone groups is 1. The monoisotopic (exact) mass is 846 g/mol. The summed E-state index contributed by atoms with van der Waals surface area (Å²) in [5.74, 6) is -2.51. The fourth-order valence-electron chi connectivity index (χ4n) is 6.43. The summed E-state index contributed by atoms with van der Waals surface area (Å²) in [5.41, 5.74) is -4.23. The molecule has 3 N–H and O–H groups in total. The molecule has 56 heavy (non-hydrogen) atoms. The quantitative estimate of drug-likeness (QED) is 0.101. The Hall–Kier alpha value is -3.84. The molecule has 0 saturated heterocycles. The molecule has 310 valence electrons. The first-order valence-corrected chi connectivity index (χ1v) is 19.7. The van der Waals surface area contributed by atoms with E-state index in [-0.39, 0.29) is 53.8 Å². The van der Waals surface area contributed by atoms with Crippen LogP contribution >= 0.6 is 11.6 Å². The Morgan fingerprint density at radius 1 is 0.911 bits per heavy atom.